The van der Waals surface area contributed by atoms with Gasteiger partial charge in [0.2, 0.25) is 11.8 Å². The van der Waals surface area contributed by atoms with Crippen molar-refractivity contribution in [2.45, 2.75) is 50.2 Å². The van der Waals surface area contributed by atoms with Crippen LogP contribution in [0, 0.1) is 5.82 Å². The van der Waals surface area contributed by atoms with E-state index in [0.29, 0.717) is 17.0 Å². The highest BCUT2D eigenvalue weighted by Gasteiger charge is 2.35. The van der Waals surface area contributed by atoms with Crippen LogP contribution >= 0.6 is 34.8 Å². The zero-order chi connectivity index (χ0) is 33.4. The van der Waals surface area contributed by atoms with Crippen LogP contribution in [-0.4, -0.2) is 43.8 Å². The third-order valence-electron chi connectivity index (χ3n) is 7.41. The van der Waals surface area contributed by atoms with Crippen molar-refractivity contribution in [3.8, 4) is 0 Å². The minimum absolute atomic E-state index is 0.0262. The first-order valence-electron chi connectivity index (χ1n) is 14.5. The summed E-state index contributed by atoms with van der Waals surface area (Å²) in [7, 11) is -4.36. The molecule has 0 saturated carbocycles. The van der Waals surface area contributed by atoms with Crippen LogP contribution in [0.3, 0.4) is 0 Å². The Balaban J connectivity index is 1.83. The second-order valence-corrected chi connectivity index (χ2v) is 13.8. The van der Waals surface area contributed by atoms with Gasteiger partial charge in [-0.1, -0.05) is 96.3 Å². The smallest absolute Gasteiger partial charge is 0.264 e. The fourth-order valence-electron chi connectivity index (χ4n) is 4.72. The summed E-state index contributed by atoms with van der Waals surface area (Å²) < 4.78 is 43.1. The molecule has 0 saturated heterocycles. The Morgan fingerprint density at radius 3 is 2.09 bits per heavy atom. The third kappa shape index (κ3) is 8.79. The summed E-state index contributed by atoms with van der Waals surface area (Å²) in [4.78, 5) is 29.6. The van der Waals surface area contributed by atoms with Crippen LogP contribution in [0.5, 0.6) is 0 Å². The van der Waals surface area contributed by atoms with Crippen LogP contribution in [0.25, 0.3) is 0 Å². The quantitative estimate of drug-likeness (QED) is 0.156. The van der Waals surface area contributed by atoms with Gasteiger partial charge in [-0.25, -0.2) is 12.8 Å². The number of nitrogens with one attached hydrogen (secondary N) is 1. The van der Waals surface area contributed by atoms with Crippen LogP contribution in [0.2, 0.25) is 15.1 Å². The van der Waals surface area contributed by atoms with Crippen molar-refractivity contribution in [2.24, 2.45) is 0 Å². The van der Waals surface area contributed by atoms with Gasteiger partial charge in [0, 0.05) is 19.0 Å². The van der Waals surface area contributed by atoms with Crippen LogP contribution in [-0.2, 0) is 32.6 Å². The van der Waals surface area contributed by atoms with Gasteiger partial charge in [-0.05, 0) is 66.9 Å². The van der Waals surface area contributed by atoms with Crippen molar-refractivity contribution < 1.29 is 22.4 Å². The van der Waals surface area contributed by atoms with Gasteiger partial charge in [-0.15, -0.1) is 0 Å². The minimum Gasteiger partial charge on any atom is -0.352 e. The summed E-state index contributed by atoms with van der Waals surface area (Å²) in [5.74, 6) is -1.85. The fraction of sp³-hybridized carbons (Fsp3) is 0.235. The van der Waals surface area contributed by atoms with Gasteiger partial charge in [0.1, 0.15) is 18.4 Å². The highest BCUT2D eigenvalue weighted by Crippen LogP contribution is 2.29. The summed E-state index contributed by atoms with van der Waals surface area (Å²) in [6.07, 6.45) is 0.795. The molecule has 0 bridgehead atoms. The maximum absolute atomic E-state index is 14.5. The molecule has 0 heterocycles. The Hall–Kier alpha value is -3.63. The summed E-state index contributed by atoms with van der Waals surface area (Å²) in [5, 5.41) is 3.22. The highest BCUT2D eigenvalue weighted by molar-refractivity contribution is 7.92. The average Bonchev–Trinajstić information content (AvgIpc) is 3.05. The Labute approximate surface area is 283 Å². The molecule has 12 heteroatoms. The number of carbonyl (C=O) groups is 2. The van der Waals surface area contributed by atoms with Crippen molar-refractivity contribution in [3.63, 3.8) is 0 Å². The van der Waals surface area contributed by atoms with E-state index in [1.54, 1.807) is 36.4 Å². The fourth-order valence-corrected chi connectivity index (χ4v) is 6.64. The third-order valence-corrected chi connectivity index (χ3v) is 10.2. The number of sulfonamides is 1. The Kier molecular flexibility index (Phi) is 12.1. The predicted octanol–water partition coefficient (Wildman–Crippen LogP) is 7.54. The van der Waals surface area contributed by atoms with Gasteiger partial charge in [-0.3, -0.25) is 13.9 Å². The lowest BCUT2D eigenvalue weighted by Gasteiger charge is -2.34. The molecule has 0 aliphatic rings. The first-order valence-corrected chi connectivity index (χ1v) is 17.1. The number of hydrogen-bond acceptors (Lipinski definition) is 4. The number of carbonyl (C=O) groups excluding carboxylic acids is 2. The van der Waals surface area contributed by atoms with Crippen molar-refractivity contribution in [2.75, 3.05) is 10.8 Å². The molecule has 242 valence electrons. The van der Waals surface area contributed by atoms with Crippen molar-refractivity contribution in [3.05, 3.63) is 129 Å². The average molecular weight is 705 g/mol. The maximum Gasteiger partial charge on any atom is 0.264 e. The van der Waals surface area contributed by atoms with Crippen LogP contribution < -0.4 is 9.62 Å². The van der Waals surface area contributed by atoms with Gasteiger partial charge >= 0.3 is 0 Å². The molecule has 0 fully saturated rings. The number of halogens is 4. The molecule has 2 atom stereocenters. The van der Waals surface area contributed by atoms with E-state index in [1.807, 2.05) is 44.2 Å². The molecule has 0 aliphatic heterocycles. The summed E-state index contributed by atoms with van der Waals surface area (Å²) in [6.45, 7) is 2.97. The van der Waals surface area contributed by atoms with E-state index in [2.05, 4.69) is 5.32 Å². The normalized spacial score (nSPS) is 12.7. The van der Waals surface area contributed by atoms with Gasteiger partial charge in [0.15, 0.2) is 0 Å². The second kappa shape index (κ2) is 15.8. The van der Waals surface area contributed by atoms with Crippen molar-refractivity contribution >= 4 is 62.3 Å². The zero-order valence-corrected chi connectivity index (χ0v) is 28.3. The van der Waals surface area contributed by atoms with E-state index >= 15 is 0 Å². The predicted molar refractivity (Wildman–Crippen MR) is 181 cm³/mol. The Bertz CT molecular complexity index is 1780. The minimum atomic E-state index is -4.36. The standard InChI is InChI=1S/C34H33Cl3FN3O4S/c1-3-23(2)39-34(43)32(19-24-10-6-4-7-11-24)40(21-25-14-16-28(35)29(36)18-25)33(42)22-41(26-15-17-31(38)30(37)20-26)46(44,45)27-12-8-5-9-13-27/h4-18,20,23,32H,3,19,21-22H2,1-2H3,(H,39,43). The molecule has 2 amide bonds. The molecule has 4 aromatic rings. The Morgan fingerprint density at radius 1 is 0.826 bits per heavy atom. The maximum atomic E-state index is 14.5. The van der Waals surface area contributed by atoms with E-state index < -0.39 is 40.2 Å². The number of anilines is 1. The van der Waals surface area contributed by atoms with Crippen LogP contribution in [0.4, 0.5) is 10.1 Å². The summed E-state index contributed by atoms with van der Waals surface area (Å²) in [6, 6.07) is 23.8. The molecule has 2 unspecified atom stereocenters. The molecule has 0 aromatic heterocycles. The molecule has 1 N–H and O–H groups in total. The van der Waals surface area contributed by atoms with E-state index in [0.717, 1.165) is 22.0 Å². The van der Waals surface area contributed by atoms with Crippen molar-refractivity contribution in [1.82, 2.24) is 10.2 Å². The van der Waals surface area contributed by atoms with Gasteiger partial charge < -0.3 is 10.2 Å². The lowest BCUT2D eigenvalue weighted by Crippen LogP contribution is -2.54. The van der Waals surface area contributed by atoms with E-state index in [-0.39, 0.29) is 39.6 Å². The summed E-state index contributed by atoms with van der Waals surface area (Å²) in [5.41, 5.74) is 1.33. The molecule has 0 aliphatic carbocycles. The molecule has 7 nitrogen and oxygen atoms in total. The number of rotatable bonds is 13. The number of hydrogen-bond donors (Lipinski definition) is 1. The first kappa shape index (κ1) is 35.2. The highest BCUT2D eigenvalue weighted by atomic mass is 35.5. The second-order valence-electron chi connectivity index (χ2n) is 10.7. The topological polar surface area (TPSA) is 86.8 Å². The van der Waals surface area contributed by atoms with E-state index in [9.17, 15) is 22.4 Å². The number of benzene rings is 4. The van der Waals surface area contributed by atoms with E-state index in [1.165, 1.54) is 23.1 Å². The zero-order valence-electron chi connectivity index (χ0n) is 25.2. The largest absolute Gasteiger partial charge is 0.352 e. The Morgan fingerprint density at radius 2 is 1.48 bits per heavy atom. The van der Waals surface area contributed by atoms with Gasteiger partial charge in [0.05, 0.1) is 25.7 Å². The van der Waals surface area contributed by atoms with Crippen molar-refractivity contribution in [1.29, 1.82) is 0 Å². The van der Waals surface area contributed by atoms with Gasteiger partial charge in [0.25, 0.3) is 10.0 Å². The number of amides is 2. The molecule has 4 rings (SSSR count). The molecular weight excluding hydrogens is 672 g/mol. The van der Waals surface area contributed by atoms with Gasteiger partial charge in [-0.2, -0.15) is 0 Å². The lowest BCUT2D eigenvalue weighted by atomic mass is 10.0. The lowest BCUT2D eigenvalue weighted by molar-refractivity contribution is -0.140. The first-order chi connectivity index (χ1) is 21.9. The molecule has 0 spiro atoms. The molecular formula is C34H33Cl3FN3O4S. The SMILES string of the molecule is CCC(C)NC(=O)C(Cc1ccccc1)N(Cc1ccc(Cl)c(Cl)c1)C(=O)CN(c1ccc(F)c(Cl)c1)S(=O)(=O)c1ccccc1. The number of nitrogens with zero attached hydrogens (tertiary/aromatic N) is 2. The van der Waals surface area contributed by atoms with Crippen LogP contribution in [0.15, 0.2) is 102 Å². The molecule has 46 heavy (non-hydrogen) atoms. The van der Waals surface area contributed by atoms with Crippen LogP contribution in [0.1, 0.15) is 31.4 Å². The summed E-state index contributed by atoms with van der Waals surface area (Å²) >= 11 is 18.5. The monoisotopic (exact) mass is 703 g/mol. The molecule has 0 radical (unpaired) electrons. The molecule has 4 aromatic carbocycles. The van der Waals surface area contributed by atoms with E-state index in [4.69, 9.17) is 34.8 Å².